The molecule has 2 saturated heterocycles. The van der Waals surface area contributed by atoms with Gasteiger partial charge in [-0.1, -0.05) is 6.92 Å². The Bertz CT molecular complexity index is 334. The fraction of sp³-hybridized carbons (Fsp3) is 0.833. The number of nitrogens with zero attached hydrogens (tertiary/aromatic N) is 1. The number of aliphatic carboxylic acids is 1. The van der Waals surface area contributed by atoms with Crippen LogP contribution in [0, 0.1) is 11.8 Å². The molecule has 6 heteroatoms. The molecule has 2 fully saturated rings. The summed E-state index contributed by atoms with van der Waals surface area (Å²) >= 11 is 0. The van der Waals surface area contributed by atoms with Crippen LogP contribution in [0.3, 0.4) is 0 Å². The Balaban J connectivity index is 1.91. The van der Waals surface area contributed by atoms with Crippen LogP contribution in [0.4, 0.5) is 0 Å². The van der Waals surface area contributed by atoms with Crippen LogP contribution in [-0.4, -0.2) is 60.8 Å². The van der Waals surface area contributed by atoms with Gasteiger partial charge in [0.15, 0.2) is 0 Å². The molecule has 2 aliphatic rings. The molecule has 0 aromatic carbocycles. The summed E-state index contributed by atoms with van der Waals surface area (Å²) in [6.07, 6.45) is -0.410. The van der Waals surface area contributed by atoms with E-state index in [-0.39, 0.29) is 24.3 Å². The predicted octanol–water partition coefficient (Wildman–Crippen LogP) is -0.456. The van der Waals surface area contributed by atoms with Gasteiger partial charge in [0.2, 0.25) is 5.91 Å². The normalized spacial score (nSPS) is 32.5. The Morgan fingerprint density at radius 1 is 1.44 bits per heavy atom. The first kappa shape index (κ1) is 13.3. The number of carbonyl (C=O) groups excluding carboxylic acids is 1. The van der Waals surface area contributed by atoms with Crippen LogP contribution in [0.25, 0.3) is 0 Å². The summed E-state index contributed by atoms with van der Waals surface area (Å²) in [5, 5.41) is 12.0. The number of rotatable bonds is 3. The first-order valence-electron chi connectivity index (χ1n) is 6.41. The quantitative estimate of drug-likeness (QED) is 0.714. The molecule has 0 saturated carbocycles. The molecular weight excluding hydrogens is 236 g/mol. The van der Waals surface area contributed by atoms with Crippen LogP contribution in [-0.2, 0) is 14.3 Å². The molecular formula is C12H20N2O4. The number of nitrogens with one attached hydrogen (secondary N) is 1. The molecule has 0 spiro atoms. The lowest BCUT2D eigenvalue weighted by atomic mass is 9.96. The molecule has 6 nitrogen and oxygen atoms in total. The van der Waals surface area contributed by atoms with Gasteiger partial charge >= 0.3 is 5.97 Å². The Morgan fingerprint density at radius 2 is 2.22 bits per heavy atom. The third-order valence-corrected chi connectivity index (χ3v) is 3.69. The van der Waals surface area contributed by atoms with E-state index < -0.39 is 5.97 Å². The second-order valence-electron chi connectivity index (χ2n) is 5.12. The van der Waals surface area contributed by atoms with Crippen molar-refractivity contribution in [3.8, 4) is 0 Å². The lowest BCUT2D eigenvalue weighted by Gasteiger charge is -2.34. The Kier molecular flexibility index (Phi) is 4.19. The zero-order chi connectivity index (χ0) is 13.1. The summed E-state index contributed by atoms with van der Waals surface area (Å²) in [4.78, 5) is 24.7. The first-order valence-corrected chi connectivity index (χ1v) is 6.41. The Morgan fingerprint density at radius 3 is 2.83 bits per heavy atom. The third kappa shape index (κ3) is 3.00. The second kappa shape index (κ2) is 5.67. The fourth-order valence-corrected chi connectivity index (χ4v) is 2.61. The van der Waals surface area contributed by atoms with Crippen molar-refractivity contribution in [3.05, 3.63) is 0 Å². The number of ether oxygens (including phenoxy) is 1. The number of hydrogen-bond donors (Lipinski definition) is 2. The van der Waals surface area contributed by atoms with E-state index in [0.717, 1.165) is 13.1 Å². The van der Waals surface area contributed by atoms with Gasteiger partial charge in [-0.15, -0.1) is 0 Å². The zero-order valence-electron chi connectivity index (χ0n) is 10.6. The van der Waals surface area contributed by atoms with Gasteiger partial charge in [-0.3, -0.25) is 9.59 Å². The van der Waals surface area contributed by atoms with Gasteiger partial charge in [0.05, 0.1) is 25.0 Å². The monoisotopic (exact) mass is 256 g/mol. The van der Waals surface area contributed by atoms with Gasteiger partial charge in [0, 0.05) is 19.6 Å². The van der Waals surface area contributed by atoms with Crippen LogP contribution in [0.5, 0.6) is 0 Å². The SMILES string of the molecule is C[C@@H]1CNC[C@H]1C(=O)N1CCOC(CC(=O)O)C1. The Hall–Kier alpha value is -1.14. The maximum Gasteiger partial charge on any atom is 0.306 e. The van der Waals surface area contributed by atoms with E-state index in [1.165, 1.54) is 0 Å². The van der Waals surface area contributed by atoms with E-state index in [0.29, 0.717) is 25.6 Å². The van der Waals surface area contributed by atoms with Crippen LogP contribution >= 0.6 is 0 Å². The maximum absolute atomic E-state index is 12.3. The minimum absolute atomic E-state index is 0.0218. The molecule has 3 atom stereocenters. The summed E-state index contributed by atoms with van der Waals surface area (Å²) in [7, 11) is 0. The number of morpholine rings is 1. The van der Waals surface area contributed by atoms with Crippen LogP contribution < -0.4 is 5.32 Å². The number of carbonyl (C=O) groups is 2. The van der Waals surface area contributed by atoms with Gasteiger partial charge < -0.3 is 20.1 Å². The second-order valence-corrected chi connectivity index (χ2v) is 5.12. The van der Waals surface area contributed by atoms with Gasteiger partial charge in [-0.2, -0.15) is 0 Å². The number of hydrogen-bond acceptors (Lipinski definition) is 4. The summed E-state index contributed by atoms with van der Waals surface area (Å²) in [5.41, 5.74) is 0. The van der Waals surface area contributed by atoms with E-state index in [1.54, 1.807) is 4.90 Å². The van der Waals surface area contributed by atoms with Crippen LogP contribution in [0.15, 0.2) is 0 Å². The summed E-state index contributed by atoms with van der Waals surface area (Å²) in [6, 6.07) is 0. The minimum atomic E-state index is -0.884. The highest BCUT2D eigenvalue weighted by molar-refractivity contribution is 5.80. The van der Waals surface area contributed by atoms with Crippen LogP contribution in [0.2, 0.25) is 0 Å². The van der Waals surface area contributed by atoms with E-state index in [9.17, 15) is 9.59 Å². The molecule has 2 aliphatic heterocycles. The lowest BCUT2D eigenvalue weighted by Crippen LogP contribution is -2.49. The summed E-state index contributed by atoms with van der Waals surface area (Å²) < 4.78 is 5.37. The number of amides is 1. The fourth-order valence-electron chi connectivity index (χ4n) is 2.61. The average molecular weight is 256 g/mol. The minimum Gasteiger partial charge on any atom is -0.481 e. The zero-order valence-corrected chi connectivity index (χ0v) is 10.6. The highest BCUT2D eigenvalue weighted by Gasteiger charge is 2.35. The van der Waals surface area contributed by atoms with Crippen molar-refractivity contribution in [2.75, 3.05) is 32.8 Å². The van der Waals surface area contributed by atoms with Gasteiger partial charge in [-0.05, 0) is 12.5 Å². The molecule has 0 aromatic heterocycles. The lowest BCUT2D eigenvalue weighted by molar-refractivity contribution is -0.150. The molecule has 2 N–H and O–H groups in total. The standard InChI is InChI=1S/C12H20N2O4/c1-8-5-13-6-10(8)12(17)14-2-3-18-9(7-14)4-11(15)16/h8-10,13H,2-7H2,1H3,(H,15,16)/t8-,9?,10-/m1/s1. The maximum atomic E-state index is 12.3. The molecule has 2 rings (SSSR count). The average Bonchev–Trinajstić information content (AvgIpc) is 2.74. The highest BCUT2D eigenvalue weighted by Crippen LogP contribution is 2.20. The number of carboxylic acids is 1. The third-order valence-electron chi connectivity index (χ3n) is 3.69. The van der Waals surface area contributed by atoms with Crippen molar-refractivity contribution in [1.82, 2.24) is 10.2 Å². The molecule has 0 aliphatic carbocycles. The molecule has 1 unspecified atom stereocenters. The predicted molar refractivity (Wildman–Crippen MR) is 64.1 cm³/mol. The highest BCUT2D eigenvalue weighted by atomic mass is 16.5. The molecule has 102 valence electrons. The van der Waals surface area contributed by atoms with Gasteiger partial charge in [-0.25, -0.2) is 0 Å². The molecule has 2 heterocycles. The van der Waals surface area contributed by atoms with Crippen molar-refractivity contribution in [2.24, 2.45) is 11.8 Å². The van der Waals surface area contributed by atoms with Crippen molar-refractivity contribution >= 4 is 11.9 Å². The van der Waals surface area contributed by atoms with Gasteiger partial charge in [0.25, 0.3) is 0 Å². The summed E-state index contributed by atoms with van der Waals surface area (Å²) in [5.74, 6) is -0.386. The molecule has 0 aromatic rings. The van der Waals surface area contributed by atoms with Crippen molar-refractivity contribution < 1.29 is 19.4 Å². The largest absolute Gasteiger partial charge is 0.481 e. The van der Waals surface area contributed by atoms with E-state index >= 15 is 0 Å². The van der Waals surface area contributed by atoms with Crippen molar-refractivity contribution in [2.45, 2.75) is 19.4 Å². The van der Waals surface area contributed by atoms with Gasteiger partial charge in [0.1, 0.15) is 0 Å². The first-order chi connectivity index (χ1) is 8.58. The smallest absolute Gasteiger partial charge is 0.306 e. The summed E-state index contributed by atoms with van der Waals surface area (Å²) in [6.45, 7) is 5.06. The van der Waals surface area contributed by atoms with E-state index in [1.807, 2.05) is 0 Å². The Labute approximate surface area is 106 Å². The molecule has 0 bridgehead atoms. The van der Waals surface area contributed by atoms with Crippen molar-refractivity contribution in [3.63, 3.8) is 0 Å². The number of carboxylic acid groups (broad SMARTS) is 1. The van der Waals surface area contributed by atoms with Crippen molar-refractivity contribution in [1.29, 1.82) is 0 Å². The van der Waals surface area contributed by atoms with Crippen LogP contribution in [0.1, 0.15) is 13.3 Å². The molecule has 0 radical (unpaired) electrons. The topological polar surface area (TPSA) is 78.9 Å². The van der Waals surface area contributed by atoms with E-state index in [4.69, 9.17) is 9.84 Å². The van der Waals surface area contributed by atoms with E-state index in [2.05, 4.69) is 12.2 Å². The molecule has 18 heavy (non-hydrogen) atoms. The molecule has 1 amide bonds.